The molecule has 2 N–H and O–H groups in total. The van der Waals surface area contributed by atoms with Gasteiger partial charge in [-0.2, -0.15) is 0 Å². The topological polar surface area (TPSA) is 101 Å². The van der Waals surface area contributed by atoms with Gasteiger partial charge in [0.2, 0.25) is 0 Å². The van der Waals surface area contributed by atoms with Crippen LogP contribution in [0.15, 0.2) is 35.4 Å². The van der Waals surface area contributed by atoms with Crippen molar-refractivity contribution in [2.24, 2.45) is 0 Å². The number of pyridine rings is 1. The Hall–Kier alpha value is -2.35. The highest BCUT2D eigenvalue weighted by Gasteiger charge is 2.21. The van der Waals surface area contributed by atoms with E-state index >= 15 is 0 Å². The summed E-state index contributed by atoms with van der Waals surface area (Å²) < 4.78 is 28.2. The summed E-state index contributed by atoms with van der Waals surface area (Å²) in [6, 6.07) is 6.08. The lowest BCUT2D eigenvalue weighted by Gasteiger charge is -2.05. The van der Waals surface area contributed by atoms with Crippen molar-refractivity contribution in [3.63, 3.8) is 0 Å². The monoisotopic (exact) mass is 309 g/mol. The SMILES string of the molecule is CCn1cc(S(=O)(=O)Nc2cccc(C)n2)cc1C(=O)O. The summed E-state index contributed by atoms with van der Waals surface area (Å²) in [6.07, 6.45) is 1.29. The molecule has 2 heterocycles. The molecule has 0 aliphatic carbocycles. The molecule has 8 heteroatoms. The third-order valence-electron chi connectivity index (χ3n) is 2.87. The molecule has 0 fully saturated rings. The number of carboxylic acid groups (broad SMARTS) is 1. The van der Waals surface area contributed by atoms with E-state index in [4.69, 9.17) is 5.11 Å². The van der Waals surface area contributed by atoms with Crippen LogP contribution in [0.1, 0.15) is 23.1 Å². The zero-order valence-corrected chi connectivity index (χ0v) is 12.4. The lowest BCUT2D eigenvalue weighted by molar-refractivity contribution is 0.0685. The van der Waals surface area contributed by atoms with Crippen molar-refractivity contribution in [1.82, 2.24) is 9.55 Å². The molecule has 0 unspecified atom stereocenters. The molecule has 21 heavy (non-hydrogen) atoms. The van der Waals surface area contributed by atoms with E-state index in [1.54, 1.807) is 26.0 Å². The molecule has 2 aromatic rings. The van der Waals surface area contributed by atoms with Crippen LogP contribution in [0.3, 0.4) is 0 Å². The maximum absolute atomic E-state index is 12.3. The summed E-state index contributed by atoms with van der Waals surface area (Å²) in [5.74, 6) is -0.983. The Morgan fingerprint density at radius 2 is 2.14 bits per heavy atom. The second-order valence-corrected chi connectivity index (χ2v) is 6.10. The Labute approximate surface area is 122 Å². The first-order chi connectivity index (χ1) is 9.83. The number of hydrogen-bond acceptors (Lipinski definition) is 4. The number of sulfonamides is 1. The summed E-state index contributed by atoms with van der Waals surface area (Å²) in [6.45, 7) is 3.84. The molecule has 0 aliphatic heterocycles. The highest BCUT2D eigenvalue weighted by atomic mass is 32.2. The number of rotatable bonds is 5. The standard InChI is InChI=1S/C13H15N3O4S/c1-3-16-8-10(7-11(16)13(17)18)21(19,20)15-12-6-4-5-9(2)14-12/h4-8H,3H2,1-2H3,(H,14,15)(H,17,18). The van der Waals surface area contributed by atoms with Gasteiger partial charge in [0.15, 0.2) is 0 Å². The van der Waals surface area contributed by atoms with Crippen molar-refractivity contribution in [2.75, 3.05) is 4.72 Å². The third-order valence-corrected chi connectivity index (χ3v) is 4.19. The van der Waals surface area contributed by atoms with Crippen LogP contribution in [-0.2, 0) is 16.6 Å². The molecule has 0 saturated heterocycles. The second kappa shape index (κ2) is 5.57. The molecule has 0 radical (unpaired) electrons. The van der Waals surface area contributed by atoms with Crippen LogP contribution in [-0.4, -0.2) is 29.0 Å². The van der Waals surface area contributed by atoms with Gasteiger partial charge in [-0.1, -0.05) is 6.07 Å². The Morgan fingerprint density at radius 3 is 2.67 bits per heavy atom. The molecule has 0 aliphatic rings. The van der Waals surface area contributed by atoms with E-state index in [1.165, 1.54) is 16.8 Å². The van der Waals surface area contributed by atoms with Gasteiger partial charge < -0.3 is 9.67 Å². The van der Waals surface area contributed by atoms with E-state index in [0.717, 1.165) is 6.07 Å². The van der Waals surface area contributed by atoms with E-state index in [9.17, 15) is 13.2 Å². The van der Waals surface area contributed by atoms with Gasteiger partial charge in [0.05, 0.1) is 0 Å². The second-order valence-electron chi connectivity index (χ2n) is 4.42. The van der Waals surface area contributed by atoms with Gasteiger partial charge in [-0.25, -0.2) is 18.2 Å². The van der Waals surface area contributed by atoms with E-state index in [2.05, 4.69) is 9.71 Å². The fourth-order valence-electron chi connectivity index (χ4n) is 1.87. The third kappa shape index (κ3) is 3.22. The Bertz CT molecular complexity index is 780. The van der Waals surface area contributed by atoms with Crippen LogP contribution in [0.5, 0.6) is 0 Å². The Morgan fingerprint density at radius 1 is 1.43 bits per heavy atom. The van der Waals surface area contributed by atoms with Crippen molar-refractivity contribution in [3.8, 4) is 0 Å². The van der Waals surface area contributed by atoms with Gasteiger partial charge >= 0.3 is 5.97 Å². The predicted molar refractivity (Wildman–Crippen MR) is 76.8 cm³/mol. The maximum atomic E-state index is 12.3. The molecule has 0 saturated carbocycles. The minimum Gasteiger partial charge on any atom is -0.477 e. The van der Waals surface area contributed by atoms with Crippen molar-refractivity contribution < 1.29 is 18.3 Å². The average Bonchev–Trinajstić information content (AvgIpc) is 2.83. The summed E-state index contributed by atoms with van der Waals surface area (Å²) >= 11 is 0. The first-order valence-electron chi connectivity index (χ1n) is 6.23. The maximum Gasteiger partial charge on any atom is 0.352 e. The van der Waals surface area contributed by atoms with Crippen LogP contribution >= 0.6 is 0 Å². The molecular formula is C13H15N3O4S. The number of carboxylic acids is 1. The first kappa shape index (κ1) is 15.0. The number of nitrogens with zero attached hydrogens (tertiary/aromatic N) is 2. The number of carbonyl (C=O) groups is 1. The minimum absolute atomic E-state index is 0.0740. The van der Waals surface area contributed by atoms with Gasteiger partial charge in [-0.15, -0.1) is 0 Å². The summed E-state index contributed by atoms with van der Waals surface area (Å²) in [5, 5.41) is 9.05. The van der Waals surface area contributed by atoms with Gasteiger partial charge in [0.1, 0.15) is 16.4 Å². The molecule has 0 aromatic carbocycles. The molecule has 0 bridgehead atoms. The van der Waals surface area contributed by atoms with Crippen LogP contribution < -0.4 is 4.72 Å². The summed E-state index contributed by atoms with van der Waals surface area (Å²) in [7, 11) is -3.87. The normalized spacial score (nSPS) is 11.3. The minimum atomic E-state index is -3.87. The number of hydrogen-bond donors (Lipinski definition) is 2. The fourth-order valence-corrected chi connectivity index (χ4v) is 2.91. The van der Waals surface area contributed by atoms with Crippen LogP contribution in [0.25, 0.3) is 0 Å². The first-order valence-corrected chi connectivity index (χ1v) is 7.71. The van der Waals surface area contributed by atoms with Crippen LogP contribution in [0.4, 0.5) is 5.82 Å². The average molecular weight is 309 g/mol. The number of nitrogens with one attached hydrogen (secondary N) is 1. The molecular weight excluding hydrogens is 294 g/mol. The quantitative estimate of drug-likeness (QED) is 0.875. The van der Waals surface area contributed by atoms with E-state index in [-0.39, 0.29) is 16.4 Å². The number of anilines is 1. The number of aryl methyl sites for hydroxylation is 2. The number of aromatic carboxylic acids is 1. The van der Waals surface area contributed by atoms with E-state index in [1.807, 2.05) is 0 Å². The van der Waals surface area contributed by atoms with Crippen LogP contribution in [0.2, 0.25) is 0 Å². The largest absolute Gasteiger partial charge is 0.477 e. The van der Waals surface area contributed by atoms with Gasteiger partial charge in [-0.05, 0) is 32.0 Å². The van der Waals surface area contributed by atoms with Crippen molar-refractivity contribution >= 4 is 21.8 Å². The highest BCUT2D eigenvalue weighted by molar-refractivity contribution is 7.92. The van der Waals surface area contributed by atoms with E-state index < -0.39 is 16.0 Å². The Balaban J connectivity index is 2.38. The summed E-state index contributed by atoms with van der Waals surface area (Å²) in [5.41, 5.74) is 0.600. The van der Waals surface area contributed by atoms with Crippen molar-refractivity contribution in [3.05, 3.63) is 41.9 Å². The van der Waals surface area contributed by atoms with Crippen molar-refractivity contribution in [2.45, 2.75) is 25.3 Å². The zero-order valence-electron chi connectivity index (χ0n) is 11.6. The van der Waals surface area contributed by atoms with Gasteiger partial charge in [-0.3, -0.25) is 4.72 Å². The predicted octanol–water partition coefficient (Wildman–Crippen LogP) is 1.71. The van der Waals surface area contributed by atoms with Crippen LogP contribution in [0, 0.1) is 6.92 Å². The van der Waals surface area contributed by atoms with E-state index in [0.29, 0.717) is 12.2 Å². The zero-order chi connectivity index (χ0) is 15.6. The summed E-state index contributed by atoms with van der Waals surface area (Å²) in [4.78, 5) is 15.0. The highest BCUT2D eigenvalue weighted by Crippen LogP contribution is 2.18. The molecule has 0 spiro atoms. The number of aromatic nitrogens is 2. The molecule has 0 amide bonds. The lowest BCUT2D eigenvalue weighted by atomic mass is 10.4. The van der Waals surface area contributed by atoms with Crippen molar-refractivity contribution in [1.29, 1.82) is 0 Å². The molecule has 7 nitrogen and oxygen atoms in total. The fraction of sp³-hybridized carbons (Fsp3) is 0.231. The molecule has 2 rings (SSSR count). The van der Waals surface area contributed by atoms with Gasteiger partial charge in [0, 0.05) is 18.4 Å². The molecule has 0 atom stereocenters. The van der Waals surface area contributed by atoms with Gasteiger partial charge in [0.25, 0.3) is 10.0 Å². The lowest BCUT2D eigenvalue weighted by Crippen LogP contribution is -2.13. The molecule has 2 aromatic heterocycles. The molecule has 112 valence electrons. The smallest absolute Gasteiger partial charge is 0.352 e. The Kier molecular flexibility index (Phi) is 3.99.